The van der Waals surface area contributed by atoms with E-state index in [1.54, 1.807) is 0 Å². The van der Waals surface area contributed by atoms with Gasteiger partial charge in [0.2, 0.25) is 5.95 Å². The van der Waals surface area contributed by atoms with Crippen LogP contribution in [0.5, 0.6) is 0 Å². The van der Waals surface area contributed by atoms with Crippen LogP contribution in [0.25, 0.3) is 11.2 Å². The first kappa shape index (κ1) is 28.4. The number of hydrogen-bond acceptors (Lipinski definition) is 8. The Kier molecular flexibility index (Phi) is 9.65. The molecule has 0 bridgehead atoms. The van der Waals surface area contributed by atoms with Crippen molar-refractivity contribution < 1.29 is 4.74 Å². The molecule has 1 aromatic carbocycles. The van der Waals surface area contributed by atoms with Gasteiger partial charge in [-0.2, -0.15) is 9.97 Å². The molecule has 2 saturated carbocycles. The molecule has 6 rings (SSSR count). The first-order chi connectivity index (χ1) is 20.2. The number of nitrogens with one attached hydrogen (secondary N) is 2. The fourth-order valence-electron chi connectivity index (χ4n) is 6.84. The van der Waals surface area contributed by atoms with Crippen molar-refractivity contribution in [3.05, 3.63) is 42.2 Å². The van der Waals surface area contributed by atoms with Crippen LogP contribution in [0, 0.1) is 5.92 Å². The van der Waals surface area contributed by atoms with Crippen molar-refractivity contribution >= 4 is 22.9 Å². The Morgan fingerprint density at radius 3 is 2.46 bits per heavy atom. The van der Waals surface area contributed by atoms with Crippen LogP contribution in [0.15, 0.2) is 36.7 Å². The van der Waals surface area contributed by atoms with E-state index in [1.807, 2.05) is 12.4 Å². The van der Waals surface area contributed by atoms with Gasteiger partial charge in [0.1, 0.15) is 0 Å². The highest BCUT2D eigenvalue weighted by Crippen LogP contribution is 2.34. The second-order valence-corrected chi connectivity index (χ2v) is 12.5. The van der Waals surface area contributed by atoms with Gasteiger partial charge in [-0.05, 0) is 69.3 Å². The van der Waals surface area contributed by atoms with Gasteiger partial charge in [-0.15, -0.1) is 0 Å². The number of hydrogen-bond donors (Lipinski definition) is 3. The van der Waals surface area contributed by atoms with Crippen molar-refractivity contribution in [3.63, 3.8) is 0 Å². The minimum Gasteiger partial charge on any atom is -0.377 e. The quantitative estimate of drug-likeness (QED) is 0.230. The molecule has 0 radical (unpaired) electrons. The number of rotatable bonds is 12. The Morgan fingerprint density at radius 2 is 1.68 bits per heavy atom. The summed E-state index contributed by atoms with van der Waals surface area (Å²) in [4.78, 5) is 14.8. The molecule has 3 aliphatic rings. The van der Waals surface area contributed by atoms with Crippen LogP contribution in [-0.2, 0) is 11.3 Å². The summed E-state index contributed by atoms with van der Waals surface area (Å²) < 4.78 is 8.17. The topological polar surface area (TPSA) is 106 Å². The molecular formula is C32H48N8O. The van der Waals surface area contributed by atoms with Crippen LogP contribution in [0.2, 0.25) is 0 Å². The van der Waals surface area contributed by atoms with Gasteiger partial charge in [0, 0.05) is 37.8 Å². The third-order valence-electron chi connectivity index (χ3n) is 9.39. The Balaban J connectivity index is 1.02. The summed E-state index contributed by atoms with van der Waals surface area (Å²) in [5.41, 5.74) is 12.9. The van der Waals surface area contributed by atoms with Crippen LogP contribution >= 0.6 is 0 Å². The molecule has 0 unspecified atom stereocenters. The van der Waals surface area contributed by atoms with E-state index in [4.69, 9.17) is 25.4 Å². The summed E-state index contributed by atoms with van der Waals surface area (Å²) in [6.07, 6.45) is 17.3. The smallest absolute Gasteiger partial charge is 0.227 e. The summed E-state index contributed by atoms with van der Waals surface area (Å²) in [7, 11) is 0. The number of nitrogens with zero attached hydrogens (tertiary/aromatic N) is 5. The van der Waals surface area contributed by atoms with Gasteiger partial charge in [-0.1, -0.05) is 56.0 Å². The molecular weight excluding hydrogens is 512 g/mol. The number of imidazole rings is 1. The van der Waals surface area contributed by atoms with E-state index < -0.39 is 0 Å². The van der Waals surface area contributed by atoms with Crippen molar-refractivity contribution in [1.82, 2.24) is 24.5 Å². The standard InChI is InChI=1S/C32H48N8O/c33-26-13-15-27(16-14-26)35-32-36-30(29-31(37-32)40(23-34-29)28-11-4-5-12-28)38-39-19-17-24(18-20-39)8-6-7-21-41-22-25-9-2-1-3-10-25/h1-3,9-10,23-24,26-28H,4-8,11-22,33H2,(H2,35,36,37,38). The lowest BCUT2D eigenvalue weighted by atomic mass is 9.92. The maximum atomic E-state index is 6.15. The summed E-state index contributed by atoms with van der Waals surface area (Å²) in [6.45, 7) is 3.60. The number of aromatic nitrogens is 4. The molecule has 3 heterocycles. The predicted octanol–water partition coefficient (Wildman–Crippen LogP) is 6.05. The third-order valence-corrected chi connectivity index (χ3v) is 9.39. The van der Waals surface area contributed by atoms with Gasteiger partial charge < -0.3 is 25.8 Å². The maximum Gasteiger partial charge on any atom is 0.227 e. The maximum absolute atomic E-state index is 6.15. The minimum absolute atomic E-state index is 0.327. The molecule has 4 N–H and O–H groups in total. The molecule has 9 heteroatoms. The van der Waals surface area contributed by atoms with Crippen LogP contribution in [0.4, 0.5) is 11.8 Å². The highest BCUT2D eigenvalue weighted by molar-refractivity contribution is 5.84. The van der Waals surface area contributed by atoms with Gasteiger partial charge in [-0.3, -0.25) is 0 Å². The number of hydrazine groups is 1. The Labute approximate surface area is 244 Å². The highest BCUT2D eigenvalue weighted by Gasteiger charge is 2.25. The molecule has 0 amide bonds. The first-order valence-corrected chi connectivity index (χ1v) is 16.1. The molecule has 222 valence electrons. The van der Waals surface area contributed by atoms with E-state index in [0.29, 0.717) is 30.7 Å². The number of ether oxygens (including phenoxy) is 1. The molecule has 1 saturated heterocycles. The van der Waals surface area contributed by atoms with Crippen molar-refractivity contribution in [1.29, 1.82) is 0 Å². The van der Waals surface area contributed by atoms with Crippen LogP contribution in [0.1, 0.15) is 95.1 Å². The van der Waals surface area contributed by atoms with E-state index in [0.717, 1.165) is 74.7 Å². The van der Waals surface area contributed by atoms with Gasteiger partial charge >= 0.3 is 0 Å². The molecule has 3 aromatic rings. The lowest BCUT2D eigenvalue weighted by Crippen LogP contribution is -2.38. The van der Waals surface area contributed by atoms with Gasteiger partial charge in [0.15, 0.2) is 17.0 Å². The van der Waals surface area contributed by atoms with Crippen LogP contribution in [0.3, 0.4) is 0 Å². The highest BCUT2D eigenvalue weighted by atomic mass is 16.5. The lowest BCUT2D eigenvalue weighted by molar-refractivity contribution is 0.114. The van der Waals surface area contributed by atoms with Gasteiger partial charge in [0.05, 0.1) is 12.9 Å². The van der Waals surface area contributed by atoms with Crippen molar-refractivity contribution in [2.75, 3.05) is 30.4 Å². The van der Waals surface area contributed by atoms with E-state index in [1.165, 1.54) is 56.9 Å². The number of benzene rings is 1. The molecule has 0 spiro atoms. The largest absolute Gasteiger partial charge is 0.377 e. The molecule has 41 heavy (non-hydrogen) atoms. The zero-order chi connectivity index (χ0) is 27.9. The zero-order valence-corrected chi connectivity index (χ0v) is 24.5. The normalized spacial score (nSPS) is 22.9. The summed E-state index contributed by atoms with van der Waals surface area (Å²) in [5, 5.41) is 5.98. The van der Waals surface area contributed by atoms with Crippen LogP contribution < -0.4 is 16.5 Å². The first-order valence-electron chi connectivity index (χ1n) is 16.1. The van der Waals surface area contributed by atoms with Crippen molar-refractivity contribution in [2.24, 2.45) is 11.7 Å². The van der Waals surface area contributed by atoms with Gasteiger partial charge in [-0.25, -0.2) is 9.99 Å². The fourth-order valence-corrected chi connectivity index (χ4v) is 6.84. The van der Waals surface area contributed by atoms with E-state index in [2.05, 4.69) is 44.6 Å². The third kappa shape index (κ3) is 7.56. The summed E-state index contributed by atoms with van der Waals surface area (Å²) >= 11 is 0. The van der Waals surface area contributed by atoms with Crippen LogP contribution in [-0.4, -0.2) is 56.3 Å². The fraction of sp³-hybridized carbons (Fsp3) is 0.656. The SMILES string of the molecule is NC1CCC(Nc2nc(NN3CCC(CCCCOCc4ccccc4)CC3)c3ncn(C4CCCC4)c3n2)CC1. The van der Waals surface area contributed by atoms with E-state index >= 15 is 0 Å². The number of anilines is 2. The Bertz CT molecular complexity index is 1210. The monoisotopic (exact) mass is 560 g/mol. The van der Waals surface area contributed by atoms with Crippen molar-refractivity contribution in [2.45, 2.75) is 108 Å². The Hall–Kier alpha value is -2.75. The second-order valence-electron chi connectivity index (χ2n) is 12.5. The number of fused-ring (bicyclic) bond motifs is 1. The number of piperidine rings is 1. The summed E-state index contributed by atoms with van der Waals surface area (Å²) in [5.74, 6) is 2.32. The molecule has 2 aromatic heterocycles. The zero-order valence-electron chi connectivity index (χ0n) is 24.5. The molecule has 0 atom stereocenters. The minimum atomic E-state index is 0.327. The molecule has 9 nitrogen and oxygen atoms in total. The number of unbranched alkanes of at least 4 members (excludes halogenated alkanes) is 1. The summed E-state index contributed by atoms with van der Waals surface area (Å²) in [6, 6.07) is 11.6. The Morgan fingerprint density at radius 1 is 0.902 bits per heavy atom. The molecule has 1 aliphatic heterocycles. The van der Waals surface area contributed by atoms with Crippen molar-refractivity contribution in [3.8, 4) is 0 Å². The number of nitrogens with two attached hydrogens (primary N) is 1. The van der Waals surface area contributed by atoms with E-state index in [-0.39, 0.29) is 0 Å². The molecule has 3 fully saturated rings. The molecule has 2 aliphatic carbocycles. The predicted molar refractivity (Wildman–Crippen MR) is 165 cm³/mol. The van der Waals surface area contributed by atoms with E-state index in [9.17, 15) is 0 Å². The van der Waals surface area contributed by atoms with Gasteiger partial charge in [0.25, 0.3) is 0 Å². The average Bonchev–Trinajstić information content (AvgIpc) is 3.68. The second kappa shape index (κ2) is 13.9. The average molecular weight is 561 g/mol. The lowest BCUT2D eigenvalue weighted by Gasteiger charge is -2.32.